The monoisotopic (exact) mass is 189 g/mol. The molecule has 72 valence electrons. The van der Waals surface area contributed by atoms with Crippen molar-refractivity contribution in [3.8, 4) is 0 Å². The van der Waals surface area contributed by atoms with Crippen LogP contribution in [0.3, 0.4) is 0 Å². The number of aryl methyl sites for hydroxylation is 2. The lowest BCUT2D eigenvalue weighted by atomic mass is 9.88. The Morgan fingerprint density at radius 3 is 2.86 bits per heavy atom. The lowest BCUT2D eigenvalue weighted by molar-refractivity contribution is 0.105. The van der Waals surface area contributed by atoms with E-state index in [0.717, 1.165) is 17.5 Å². The molecule has 0 spiro atoms. The van der Waals surface area contributed by atoms with E-state index in [4.69, 9.17) is 5.21 Å². The summed E-state index contributed by atoms with van der Waals surface area (Å²) < 4.78 is 0. The van der Waals surface area contributed by atoms with E-state index in [2.05, 4.69) is 5.16 Å². The molecular formula is C11H11NO2. The van der Waals surface area contributed by atoms with E-state index in [1.807, 2.05) is 25.1 Å². The lowest BCUT2D eigenvalue weighted by Gasteiger charge is -2.15. The molecule has 3 heteroatoms. The van der Waals surface area contributed by atoms with E-state index < -0.39 is 0 Å². The first-order valence-electron chi connectivity index (χ1n) is 4.57. The van der Waals surface area contributed by atoms with Crippen molar-refractivity contribution in [1.82, 2.24) is 0 Å². The van der Waals surface area contributed by atoms with Crippen LogP contribution in [0.1, 0.15) is 27.9 Å². The zero-order valence-electron chi connectivity index (χ0n) is 7.95. The Bertz CT molecular complexity index is 421. The molecule has 0 radical (unpaired) electrons. The van der Waals surface area contributed by atoms with Crippen LogP contribution in [0.5, 0.6) is 0 Å². The summed E-state index contributed by atoms with van der Waals surface area (Å²) >= 11 is 0. The van der Waals surface area contributed by atoms with Crippen molar-refractivity contribution in [2.24, 2.45) is 5.16 Å². The van der Waals surface area contributed by atoms with Gasteiger partial charge in [0.1, 0.15) is 5.71 Å². The van der Waals surface area contributed by atoms with E-state index in [0.29, 0.717) is 12.0 Å². The summed E-state index contributed by atoms with van der Waals surface area (Å²) in [6.45, 7) is 1.94. The van der Waals surface area contributed by atoms with Gasteiger partial charge in [-0.1, -0.05) is 22.9 Å². The molecule has 1 aromatic carbocycles. The highest BCUT2D eigenvalue weighted by molar-refractivity contribution is 6.47. The topological polar surface area (TPSA) is 49.7 Å². The molecule has 0 heterocycles. The maximum atomic E-state index is 11.7. The second-order valence-corrected chi connectivity index (χ2v) is 3.54. The van der Waals surface area contributed by atoms with Gasteiger partial charge in [0.15, 0.2) is 0 Å². The third-order valence-electron chi connectivity index (χ3n) is 2.52. The van der Waals surface area contributed by atoms with Crippen molar-refractivity contribution in [3.63, 3.8) is 0 Å². The van der Waals surface area contributed by atoms with Gasteiger partial charge < -0.3 is 5.21 Å². The van der Waals surface area contributed by atoms with E-state index in [1.165, 1.54) is 0 Å². The number of nitrogens with zero attached hydrogens (tertiary/aromatic N) is 1. The Morgan fingerprint density at radius 1 is 1.36 bits per heavy atom. The molecule has 3 nitrogen and oxygen atoms in total. The number of benzene rings is 1. The van der Waals surface area contributed by atoms with Crippen LogP contribution in [0.15, 0.2) is 23.4 Å². The molecule has 0 bridgehead atoms. The highest BCUT2D eigenvalue weighted by atomic mass is 16.4. The van der Waals surface area contributed by atoms with Crippen molar-refractivity contribution >= 4 is 11.5 Å². The van der Waals surface area contributed by atoms with Crippen LogP contribution in [0.2, 0.25) is 0 Å². The van der Waals surface area contributed by atoms with Gasteiger partial charge in [-0.25, -0.2) is 0 Å². The second kappa shape index (κ2) is 3.25. The van der Waals surface area contributed by atoms with Crippen molar-refractivity contribution in [1.29, 1.82) is 0 Å². The van der Waals surface area contributed by atoms with Gasteiger partial charge in [-0.2, -0.15) is 0 Å². The fourth-order valence-corrected chi connectivity index (χ4v) is 1.74. The fourth-order valence-electron chi connectivity index (χ4n) is 1.74. The SMILES string of the molecule is Cc1ccc2c(c1)C(=O)/C(=N\O)CC2. The Kier molecular flexibility index (Phi) is 2.08. The third kappa shape index (κ3) is 1.31. The number of Topliss-reactive ketones (excluding diaryl/α,β-unsaturated/α-hetero) is 1. The summed E-state index contributed by atoms with van der Waals surface area (Å²) in [6.07, 6.45) is 1.31. The van der Waals surface area contributed by atoms with Gasteiger partial charge in [0.05, 0.1) is 0 Å². The van der Waals surface area contributed by atoms with Crippen molar-refractivity contribution in [3.05, 3.63) is 34.9 Å². The smallest absolute Gasteiger partial charge is 0.210 e. The van der Waals surface area contributed by atoms with Crippen molar-refractivity contribution in [2.45, 2.75) is 19.8 Å². The van der Waals surface area contributed by atoms with Gasteiger partial charge in [-0.3, -0.25) is 4.79 Å². The highest BCUT2D eigenvalue weighted by Crippen LogP contribution is 2.20. The number of ketones is 1. The van der Waals surface area contributed by atoms with E-state index in [1.54, 1.807) is 0 Å². The molecule has 0 fully saturated rings. The molecule has 0 saturated carbocycles. The number of oxime groups is 1. The molecule has 0 aliphatic heterocycles. The summed E-state index contributed by atoms with van der Waals surface area (Å²) in [7, 11) is 0. The van der Waals surface area contributed by atoms with Crippen LogP contribution in [-0.2, 0) is 6.42 Å². The van der Waals surface area contributed by atoms with E-state index in [-0.39, 0.29) is 11.5 Å². The first-order chi connectivity index (χ1) is 6.72. The molecule has 1 aliphatic carbocycles. The molecule has 0 amide bonds. The molecule has 0 aromatic heterocycles. The second-order valence-electron chi connectivity index (χ2n) is 3.54. The van der Waals surface area contributed by atoms with Crippen LogP contribution >= 0.6 is 0 Å². The number of carbonyl (C=O) groups excluding carboxylic acids is 1. The fraction of sp³-hybridized carbons (Fsp3) is 0.273. The Balaban J connectivity index is 2.54. The summed E-state index contributed by atoms with van der Waals surface area (Å²) in [5.74, 6) is -0.141. The number of fused-ring (bicyclic) bond motifs is 1. The van der Waals surface area contributed by atoms with Crippen molar-refractivity contribution < 1.29 is 10.0 Å². The molecule has 0 saturated heterocycles. The summed E-state index contributed by atoms with van der Waals surface area (Å²) in [6, 6.07) is 5.81. The van der Waals surface area contributed by atoms with Crippen molar-refractivity contribution in [2.75, 3.05) is 0 Å². The predicted molar refractivity (Wildman–Crippen MR) is 53.1 cm³/mol. The average molecular weight is 189 g/mol. The van der Waals surface area contributed by atoms with Gasteiger partial charge in [-0.15, -0.1) is 0 Å². The molecule has 2 rings (SSSR count). The van der Waals surface area contributed by atoms with Crippen LogP contribution in [-0.4, -0.2) is 16.7 Å². The van der Waals surface area contributed by atoms with Gasteiger partial charge >= 0.3 is 0 Å². The van der Waals surface area contributed by atoms with Crippen LogP contribution in [0.4, 0.5) is 0 Å². The van der Waals surface area contributed by atoms with Crippen LogP contribution in [0.25, 0.3) is 0 Å². The lowest BCUT2D eigenvalue weighted by Crippen LogP contribution is -2.22. The standard InChI is InChI=1S/C11H11NO2/c1-7-2-3-8-4-5-10(12-14)11(13)9(8)6-7/h2-3,6,14H,4-5H2,1H3/b12-10-. The minimum Gasteiger partial charge on any atom is -0.411 e. The quantitative estimate of drug-likeness (QED) is 0.501. The van der Waals surface area contributed by atoms with Gasteiger partial charge in [0, 0.05) is 12.0 Å². The largest absolute Gasteiger partial charge is 0.411 e. The van der Waals surface area contributed by atoms with Gasteiger partial charge in [-0.05, 0) is 25.0 Å². The molecular weight excluding hydrogens is 178 g/mol. The third-order valence-corrected chi connectivity index (χ3v) is 2.52. The number of hydrogen-bond acceptors (Lipinski definition) is 3. The molecule has 14 heavy (non-hydrogen) atoms. The Morgan fingerprint density at radius 2 is 2.14 bits per heavy atom. The summed E-state index contributed by atoms with van der Waals surface area (Å²) in [5.41, 5.74) is 3.05. The molecule has 1 aromatic rings. The first-order valence-corrected chi connectivity index (χ1v) is 4.57. The molecule has 0 atom stereocenters. The van der Waals surface area contributed by atoms with E-state index >= 15 is 0 Å². The molecule has 1 aliphatic rings. The Labute approximate surface area is 82.1 Å². The first kappa shape index (κ1) is 8.94. The minimum absolute atomic E-state index is 0.141. The summed E-state index contributed by atoms with van der Waals surface area (Å²) in [4.78, 5) is 11.7. The normalized spacial score (nSPS) is 18.4. The number of hydrogen-bond donors (Lipinski definition) is 1. The van der Waals surface area contributed by atoms with Gasteiger partial charge in [0.2, 0.25) is 5.78 Å². The van der Waals surface area contributed by atoms with Gasteiger partial charge in [0.25, 0.3) is 0 Å². The molecule has 0 unspecified atom stereocenters. The predicted octanol–water partition coefficient (Wildman–Crippen LogP) is 1.95. The highest BCUT2D eigenvalue weighted by Gasteiger charge is 2.23. The van der Waals surface area contributed by atoms with E-state index in [9.17, 15) is 4.79 Å². The maximum absolute atomic E-state index is 11.7. The van der Waals surface area contributed by atoms with Crippen LogP contribution in [0, 0.1) is 6.92 Å². The zero-order valence-corrected chi connectivity index (χ0v) is 7.95. The minimum atomic E-state index is -0.141. The number of rotatable bonds is 0. The van der Waals surface area contributed by atoms with Crippen LogP contribution < -0.4 is 0 Å². The summed E-state index contributed by atoms with van der Waals surface area (Å²) in [5, 5.41) is 11.6. The number of carbonyl (C=O) groups is 1. The average Bonchev–Trinajstić information content (AvgIpc) is 2.20. The Hall–Kier alpha value is -1.64. The zero-order chi connectivity index (χ0) is 10.1. The molecule has 1 N–H and O–H groups in total. The maximum Gasteiger partial charge on any atom is 0.210 e.